The van der Waals surface area contributed by atoms with E-state index in [4.69, 9.17) is 4.42 Å². The third-order valence-corrected chi connectivity index (χ3v) is 5.14. The molecular formula is C15H18N4O3S. The van der Waals surface area contributed by atoms with Crippen LogP contribution >= 0.6 is 0 Å². The summed E-state index contributed by atoms with van der Waals surface area (Å²) in [7, 11) is -1.65. The maximum absolute atomic E-state index is 11.4. The Morgan fingerprint density at radius 2 is 2.04 bits per heavy atom. The van der Waals surface area contributed by atoms with Crippen molar-refractivity contribution in [1.29, 1.82) is 0 Å². The van der Waals surface area contributed by atoms with Crippen LogP contribution in [0.1, 0.15) is 5.56 Å². The largest absolute Gasteiger partial charge is 0.454 e. The number of furan rings is 1. The molecule has 23 heavy (non-hydrogen) atoms. The lowest BCUT2D eigenvalue weighted by atomic mass is 10.1. The molecule has 0 saturated heterocycles. The summed E-state index contributed by atoms with van der Waals surface area (Å²) in [5.41, 5.74) is 2.47. The fourth-order valence-electron chi connectivity index (χ4n) is 2.34. The molecule has 2 heterocycles. The van der Waals surface area contributed by atoms with Crippen molar-refractivity contribution in [2.75, 3.05) is 19.8 Å². The van der Waals surface area contributed by atoms with Crippen molar-refractivity contribution in [3.8, 4) is 11.5 Å². The molecule has 0 amide bonds. The van der Waals surface area contributed by atoms with Crippen LogP contribution in [0.25, 0.3) is 22.4 Å². The Morgan fingerprint density at radius 3 is 2.74 bits per heavy atom. The van der Waals surface area contributed by atoms with Crippen molar-refractivity contribution >= 4 is 21.0 Å². The topological polar surface area (TPSA) is 81.2 Å². The number of fused-ring (bicyclic) bond motifs is 1. The smallest absolute Gasteiger partial charge is 0.211 e. The Kier molecular flexibility index (Phi) is 3.95. The molecule has 0 aliphatic rings. The second-order valence-electron chi connectivity index (χ2n) is 5.50. The van der Waals surface area contributed by atoms with Crippen LogP contribution in [0.5, 0.6) is 0 Å². The SMILES string of the molecule is Cc1c(-c2cn(CCN(C)S(C)(=O)=O)nn2)oc2ccccc12. The molecule has 0 fully saturated rings. The van der Waals surface area contributed by atoms with Gasteiger partial charge in [-0.2, -0.15) is 0 Å². The van der Waals surface area contributed by atoms with Crippen LogP contribution < -0.4 is 0 Å². The molecule has 2 aromatic heterocycles. The predicted octanol–water partition coefficient (Wildman–Crippen LogP) is 1.89. The van der Waals surface area contributed by atoms with Crippen LogP contribution in [0.15, 0.2) is 34.9 Å². The van der Waals surface area contributed by atoms with Gasteiger partial charge in [-0.15, -0.1) is 5.10 Å². The van der Waals surface area contributed by atoms with Crippen LogP contribution in [0.3, 0.4) is 0 Å². The zero-order chi connectivity index (χ0) is 16.6. The van der Waals surface area contributed by atoms with E-state index in [1.54, 1.807) is 10.9 Å². The second-order valence-corrected chi connectivity index (χ2v) is 7.59. The minimum atomic E-state index is -3.19. The van der Waals surface area contributed by atoms with E-state index in [-0.39, 0.29) is 0 Å². The van der Waals surface area contributed by atoms with Crippen LogP contribution in [0, 0.1) is 6.92 Å². The molecule has 0 aliphatic carbocycles. The average Bonchev–Trinajstić information content (AvgIpc) is 3.09. The van der Waals surface area contributed by atoms with E-state index in [9.17, 15) is 8.42 Å². The molecular weight excluding hydrogens is 316 g/mol. The van der Waals surface area contributed by atoms with Crippen LogP contribution in [-0.2, 0) is 16.6 Å². The first-order valence-electron chi connectivity index (χ1n) is 7.16. The Labute approximate surface area is 134 Å². The van der Waals surface area contributed by atoms with E-state index in [1.165, 1.54) is 17.6 Å². The molecule has 3 aromatic rings. The molecule has 0 unspecified atom stereocenters. The molecule has 8 heteroatoms. The van der Waals surface area contributed by atoms with E-state index in [1.807, 2.05) is 31.2 Å². The van der Waals surface area contributed by atoms with Gasteiger partial charge in [0, 0.05) is 24.5 Å². The van der Waals surface area contributed by atoms with Crippen molar-refractivity contribution in [1.82, 2.24) is 19.3 Å². The normalized spacial score (nSPS) is 12.3. The van der Waals surface area contributed by atoms with Crippen LogP contribution in [-0.4, -0.2) is 47.6 Å². The number of rotatable bonds is 5. The molecule has 3 rings (SSSR count). The van der Waals surface area contributed by atoms with Gasteiger partial charge in [0.2, 0.25) is 10.0 Å². The van der Waals surface area contributed by atoms with Gasteiger partial charge < -0.3 is 4.42 Å². The first-order valence-corrected chi connectivity index (χ1v) is 9.01. The lowest BCUT2D eigenvalue weighted by Gasteiger charge is -2.12. The molecule has 0 spiro atoms. The number of benzene rings is 1. The zero-order valence-electron chi connectivity index (χ0n) is 13.2. The van der Waals surface area contributed by atoms with E-state index >= 15 is 0 Å². The number of hydrogen-bond acceptors (Lipinski definition) is 5. The van der Waals surface area contributed by atoms with Gasteiger partial charge in [-0.25, -0.2) is 12.7 Å². The van der Waals surface area contributed by atoms with Gasteiger partial charge in [0.15, 0.2) is 5.76 Å². The van der Waals surface area contributed by atoms with Gasteiger partial charge >= 0.3 is 0 Å². The molecule has 0 atom stereocenters. The lowest BCUT2D eigenvalue weighted by molar-refractivity contribution is 0.432. The Hall–Kier alpha value is -2.19. The highest BCUT2D eigenvalue weighted by Crippen LogP contribution is 2.31. The molecule has 0 radical (unpaired) electrons. The third-order valence-electron chi connectivity index (χ3n) is 3.83. The fraction of sp³-hybridized carbons (Fsp3) is 0.333. The summed E-state index contributed by atoms with van der Waals surface area (Å²) in [6.45, 7) is 2.74. The Balaban J connectivity index is 1.82. The molecule has 0 saturated carbocycles. The van der Waals surface area contributed by atoms with Gasteiger partial charge in [0.1, 0.15) is 11.3 Å². The standard InChI is InChI=1S/C15H18N4O3S/c1-11-12-6-4-5-7-14(12)22-15(11)13-10-19(17-16-13)9-8-18(2)23(3,20)21/h4-7,10H,8-9H2,1-3H3. The molecule has 1 aromatic carbocycles. The summed E-state index contributed by atoms with van der Waals surface area (Å²) >= 11 is 0. The van der Waals surface area contributed by atoms with E-state index < -0.39 is 10.0 Å². The molecule has 122 valence electrons. The van der Waals surface area contributed by atoms with E-state index in [0.29, 0.717) is 24.5 Å². The van der Waals surface area contributed by atoms with E-state index in [0.717, 1.165) is 16.5 Å². The first kappa shape index (κ1) is 15.7. The zero-order valence-corrected chi connectivity index (χ0v) is 14.0. The van der Waals surface area contributed by atoms with Crippen molar-refractivity contribution in [2.45, 2.75) is 13.5 Å². The highest BCUT2D eigenvalue weighted by atomic mass is 32.2. The maximum atomic E-state index is 11.4. The van der Waals surface area contributed by atoms with Crippen LogP contribution in [0.4, 0.5) is 0 Å². The summed E-state index contributed by atoms with van der Waals surface area (Å²) in [4.78, 5) is 0. The summed E-state index contributed by atoms with van der Waals surface area (Å²) < 4.78 is 31.5. The molecule has 0 aliphatic heterocycles. The monoisotopic (exact) mass is 334 g/mol. The number of aromatic nitrogens is 3. The van der Waals surface area contributed by atoms with Gasteiger partial charge in [-0.05, 0) is 13.0 Å². The lowest BCUT2D eigenvalue weighted by Crippen LogP contribution is -2.29. The number of aryl methyl sites for hydroxylation is 1. The predicted molar refractivity (Wildman–Crippen MR) is 87.4 cm³/mol. The van der Waals surface area contributed by atoms with Crippen LogP contribution in [0.2, 0.25) is 0 Å². The fourth-order valence-corrected chi connectivity index (χ4v) is 2.75. The molecule has 7 nitrogen and oxygen atoms in total. The highest BCUT2D eigenvalue weighted by molar-refractivity contribution is 7.88. The summed E-state index contributed by atoms with van der Waals surface area (Å²) in [5, 5.41) is 9.23. The summed E-state index contributed by atoms with van der Waals surface area (Å²) in [6, 6.07) is 7.81. The summed E-state index contributed by atoms with van der Waals surface area (Å²) in [6.07, 6.45) is 2.94. The molecule has 0 bridgehead atoms. The number of likely N-dealkylation sites (N-methyl/N-ethyl adjacent to an activating group) is 1. The van der Waals surface area contributed by atoms with Gasteiger partial charge in [-0.1, -0.05) is 23.4 Å². The Morgan fingerprint density at radius 1 is 1.30 bits per heavy atom. The first-order chi connectivity index (χ1) is 10.9. The number of hydrogen-bond donors (Lipinski definition) is 0. The van der Waals surface area contributed by atoms with Crippen molar-refractivity contribution in [3.63, 3.8) is 0 Å². The number of para-hydroxylation sites is 1. The minimum absolute atomic E-state index is 0.334. The van der Waals surface area contributed by atoms with Crippen molar-refractivity contribution < 1.29 is 12.8 Å². The quantitative estimate of drug-likeness (QED) is 0.712. The van der Waals surface area contributed by atoms with Crippen molar-refractivity contribution in [2.24, 2.45) is 0 Å². The third kappa shape index (κ3) is 3.13. The Bertz CT molecular complexity index is 943. The van der Waals surface area contributed by atoms with Gasteiger partial charge in [0.25, 0.3) is 0 Å². The average molecular weight is 334 g/mol. The van der Waals surface area contributed by atoms with E-state index in [2.05, 4.69) is 10.3 Å². The number of sulfonamides is 1. The minimum Gasteiger partial charge on any atom is -0.454 e. The van der Waals surface area contributed by atoms with Gasteiger partial charge in [-0.3, -0.25) is 4.68 Å². The van der Waals surface area contributed by atoms with Gasteiger partial charge in [0.05, 0.1) is 19.0 Å². The number of nitrogens with zero attached hydrogens (tertiary/aromatic N) is 4. The van der Waals surface area contributed by atoms with Crippen molar-refractivity contribution in [3.05, 3.63) is 36.0 Å². The summed E-state index contributed by atoms with van der Waals surface area (Å²) in [5.74, 6) is 0.689. The highest BCUT2D eigenvalue weighted by Gasteiger charge is 2.16. The maximum Gasteiger partial charge on any atom is 0.211 e. The molecule has 0 N–H and O–H groups in total. The second kappa shape index (κ2) is 5.78.